The number of nitrogens with zero attached hydrogens (tertiary/aromatic N) is 2. The molecule has 0 aliphatic rings. The fourth-order valence-corrected chi connectivity index (χ4v) is 5.59. The average Bonchev–Trinajstić information content (AvgIpc) is 2.95. The number of ether oxygens (including phenoxy) is 2. The SMILES string of the molecule is CCNC(=O)[C@@H](C)N(Cc1ccc(C)cc1)C(=O)CN(c1ccc(Cl)cc1)S(=O)(=O)c1ccc(OC)c(OC)c1. The molecule has 0 radical (unpaired) electrons. The molecule has 0 bridgehead atoms. The lowest BCUT2D eigenvalue weighted by Crippen LogP contribution is -2.51. The molecule has 3 aromatic carbocycles. The maximum absolute atomic E-state index is 14.0. The van der Waals surface area contributed by atoms with Crippen LogP contribution in [0.1, 0.15) is 25.0 Å². The molecule has 1 atom stereocenters. The molecule has 0 unspecified atom stereocenters. The number of hydrogen-bond acceptors (Lipinski definition) is 6. The fraction of sp³-hybridized carbons (Fsp3) is 0.310. The van der Waals surface area contributed by atoms with Crippen molar-refractivity contribution >= 4 is 39.1 Å². The van der Waals surface area contributed by atoms with Crippen molar-refractivity contribution in [1.29, 1.82) is 0 Å². The summed E-state index contributed by atoms with van der Waals surface area (Å²) in [6.45, 7) is 5.30. The van der Waals surface area contributed by atoms with E-state index in [0.717, 1.165) is 15.4 Å². The van der Waals surface area contributed by atoms with E-state index in [9.17, 15) is 18.0 Å². The van der Waals surface area contributed by atoms with Crippen LogP contribution in [0, 0.1) is 6.92 Å². The molecule has 0 aliphatic carbocycles. The normalized spacial score (nSPS) is 11.8. The maximum Gasteiger partial charge on any atom is 0.264 e. The highest BCUT2D eigenvalue weighted by Crippen LogP contribution is 2.32. The summed E-state index contributed by atoms with van der Waals surface area (Å²) in [6, 6.07) is 17.0. The number of nitrogens with one attached hydrogen (secondary N) is 1. The average molecular weight is 588 g/mol. The molecule has 214 valence electrons. The number of methoxy groups -OCH3 is 2. The Hall–Kier alpha value is -3.76. The molecule has 0 saturated carbocycles. The second-order valence-electron chi connectivity index (χ2n) is 9.08. The van der Waals surface area contributed by atoms with Crippen LogP contribution in [0.25, 0.3) is 0 Å². The van der Waals surface area contributed by atoms with Crippen LogP contribution in [0.15, 0.2) is 71.6 Å². The molecule has 3 rings (SSSR count). The summed E-state index contributed by atoms with van der Waals surface area (Å²) in [5.41, 5.74) is 2.08. The van der Waals surface area contributed by atoms with Crippen LogP contribution in [-0.4, -0.2) is 58.5 Å². The lowest BCUT2D eigenvalue weighted by molar-refractivity contribution is -0.139. The van der Waals surface area contributed by atoms with E-state index in [4.69, 9.17) is 21.1 Å². The van der Waals surface area contributed by atoms with Crippen molar-refractivity contribution in [3.05, 3.63) is 82.9 Å². The smallest absolute Gasteiger partial charge is 0.264 e. The fourth-order valence-electron chi connectivity index (χ4n) is 4.04. The van der Waals surface area contributed by atoms with Gasteiger partial charge in [-0.15, -0.1) is 0 Å². The Balaban J connectivity index is 2.06. The second kappa shape index (κ2) is 13.5. The minimum absolute atomic E-state index is 0.102. The molecule has 11 heteroatoms. The highest BCUT2D eigenvalue weighted by molar-refractivity contribution is 7.92. The Kier molecular flexibility index (Phi) is 10.4. The first kappa shape index (κ1) is 30.8. The van der Waals surface area contributed by atoms with Gasteiger partial charge in [0.2, 0.25) is 11.8 Å². The summed E-state index contributed by atoms with van der Waals surface area (Å²) < 4.78 is 39.5. The van der Waals surface area contributed by atoms with E-state index in [0.29, 0.717) is 17.3 Å². The highest BCUT2D eigenvalue weighted by Gasteiger charge is 2.33. The van der Waals surface area contributed by atoms with Crippen LogP contribution < -0.4 is 19.1 Å². The van der Waals surface area contributed by atoms with Gasteiger partial charge in [0.25, 0.3) is 10.0 Å². The number of likely N-dealkylation sites (N-methyl/N-ethyl adjacent to an activating group) is 1. The van der Waals surface area contributed by atoms with Crippen LogP contribution in [0.2, 0.25) is 5.02 Å². The molecule has 40 heavy (non-hydrogen) atoms. The number of carbonyl (C=O) groups excluding carboxylic acids is 2. The number of aryl methyl sites for hydroxylation is 1. The van der Waals surface area contributed by atoms with Gasteiger partial charge < -0.3 is 19.7 Å². The number of rotatable bonds is 12. The molecule has 0 spiro atoms. The van der Waals surface area contributed by atoms with Crippen LogP contribution in [0.3, 0.4) is 0 Å². The lowest BCUT2D eigenvalue weighted by atomic mass is 10.1. The van der Waals surface area contributed by atoms with Crippen LogP contribution in [0.4, 0.5) is 5.69 Å². The summed E-state index contributed by atoms with van der Waals surface area (Å²) in [7, 11) is -1.43. The zero-order valence-electron chi connectivity index (χ0n) is 23.2. The first-order chi connectivity index (χ1) is 19.0. The summed E-state index contributed by atoms with van der Waals surface area (Å²) in [5.74, 6) is -0.325. The zero-order valence-corrected chi connectivity index (χ0v) is 24.8. The van der Waals surface area contributed by atoms with E-state index in [-0.39, 0.29) is 28.8 Å². The quantitative estimate of drug-likeness (QED) is 0.336. The molecule has 0 saturated heterocycles. The van der Waals surface area contributed by atoms with E-state index in [2.05, 4.69) is 5.32 Å². The Morgan fingerprint density at radius 3 is 2.15 bits per heavy atom. The van der Waals surface area contributed by atoms with E-state index >= 15 is 0 Å². The van der Waals surface area contributed by atoms with Crippen molar-refractivity contribution in [3.8, 4) is 11.5 Å². The Bertz CT molecular complexity index is 1430. The zero-order chi connectivity index (χ0) is 29.4. The molecular weight excluding hydrogens is 554 g/mol. The van der Waals surface area contributed by atoms with E-state index in [1.54, 1.807) is 26.0 Å². The van der Waals surface area contributed by atoms with Gasteiger partial charge in [-0.1, -0.05) is 41.4 Å². The van der Waals surface area contributed by atoms with E-state index in [1.165, 1.54) is 49.5 Å². The van der Waals surface area contributed by atoms with Gasteiger partial charge in [-0.25, -0.2) is 8.42 Å². The maximum atomic E-state index is 14.0. The molecular formula is C29H34ClN3O6S. The predicted octanol–water partition coefficient (Wildman–Crippen LogP) is 4.41. The Labute approximate surface area is 240 Å². The lowest BCUT2D eigenvalue weighted by Gasteiger charge is -2.32. The third-order valence-corrected chi connectivity index (χ3v) is 8.35. The van der Waals surface area contributed by atoms with Crippen LogP contribution >= 0.6 is 11.6 Å². The number of anilines is 1. The van der Waals surface area contributed by atoms with Gasteiger partial charge in [-0.2, -0.15) is 0 Å². The number of hydrogen-bond donors (Lipinski definition) is 1. The minimum atomic E-state index is -4.28. The van der Waals surface area contributed by atoms with Crippen molar-refractivity contribution < 1.29 is 27.5 Å². The summed E-state index contributed by atoms with van der Waals surface area (Å²) >= 11 is 6.07. The van der Waals surface area contributed by atoms with Crippen molar-refractivity contribution in [2.75, 3.05) is 31.6 Å². The monoisotopic (exact) mass is 587 g/mol. The van der Waals surface area contributed by atoms with Gasteiger partial charge in [0.1, 0.15) is 12.6 Å². The molecule has 0 aliphatic heterocycles. The van der Waals surface area contributed by atoms with Crippen LogP contribution in [0.5, 0.6) is 11.5 Å². The van der Waals surface area contributed by atoms with Gasteiger partial charge in [-0.05, 0) is 62.7 Å². The Morgan fingerprint density at radius 1 is 0.950 bits per heavy atom. The van der Waals surface area contributed by atoms with Crippen molar-refractivity contribution in [3.63, 3.8) is 0 Å². The van der Waals surface area contributed by atoms with Gasteiger partial charge in [0.15, 0.2) is 11.5 Å². The summed E-state index contributed by atoms with van der Waals surface area (Å²) in [5, 5.41) is 3.15. The number of benzene rings is 3. The number of halogens is 1. The van der Waals surface area contributed by atoms with Crippen molar-refractivity contribution in [1.82, 2.24) is 10.2 Å². The third-order valence-electron chi connectivity index (χ3n) is 6.33. The van der Waals surface area contributed by atoms with Gasteiger partial charge in [0, 0.05) is 24.2 Å². The van der Waals surface area contributed by atoms with E-state index in [1.807, 2.05) is 31.2 Å². The van der Waals surface area contributed by atoms with Crippen LogP contribution in [-0.2, 0) is 26.2 Å². The number of sulfonamides is 1. The standard InChI is InChI=1S/C29H34ClN3O6S/c1-6-31-29(35)21(3)32(18-22-9-7-20(2)8-10-22)28(34)19-33(24-13-11-23(30)12-14-24)40(36,37)25-15-16-26(38-4)27(17-25)39-5/h7-17,21H,6,18-19H2,1-5H3,(H,31,35)/t21-/m1/s1. The molecule has 9 nitrogen and oxygen atoms in total. The first-order valence-corrected chi connectivity index (χ1v) is 14.5. The predicted molar refractivity (Wildman–Crippen MR) is 155 cm³/mol. The topological polar surface area (TPSA) is 105 Å². The first-order valence-electron chi connectivity index (χ1n) is 12.6. The minimum Gasteiger partial charge on any atom is -0.493 e. The molecule has 0 aromatic heterocycles. The summed E-state index contributed by atoms with van der Waals surface area (Å²) in [6.07, 6.45) is 0. The highest BCUT2D eigenvalue weighted by atomic mass is 35.5. The molecule has 0 fully saturated rings. The van der Waals surface area contributed by atoms with Crippen molar-refractivity contribution in [2.45, 2.75) is 38.3 Å². The largest absolute Gasteiger partial charge is 0.493 e. The third kappa shape index (κ3) is 7.25. The molecule has 2 amide bonds. The number of amides is 2. The Morgan fingerprint density at radius 2 is 1.57 bits per heavy atom. The second-order valence-corrected chi connectivity index (χ2v) is 11.4. The van der Waals surface area contributed by atoms with E-state index < -0.39 is 28.5 Å². The number of carbonyl (C=O) groups is 2. The molecule has 1 N–H and O–H groups in total. The van der Waals surface area contributed by atoms with Gasteiger partial charge >= 0.3 is 0 Å². The molecule has 0 heterocycles. The van der Waals surface area contributed by atoms with Gasteiger partial charge in [0.05, 0.1) is 24.8 Å². The van der Waals surface area contributed by atoms with Crippen molar-refractivity contribution in [2.24, 2.45) is 0 Å². The van der Waals surface area contributed by atoms with Gasteiger partial charge in [-0.3, -0.25) is 13.9 Å². The molecule has 3 aromatic rings. The summed E-state index contributed by atoms with van der Waals surface area (Å²) in [4.78, 5) is 28.0.